The van der Waals surface area contributed by atoms with Crippen molar-refractivity contribution in [2.75, 3.05) is 39.6 Å². The number of rotatable bonds is 77. The Hall–Kier alpha value is -4.28. The molecule has 0 spiro atoms. The maximum Gasteiger partial charge on any atom is 0.472 e. The van der Waals surface area contributed by atoms with Gasteiger partial charge in [-0.3, -0.25) is 37.3 Å². The summed E-state index contributed by atoms with van der Waals surface area (Å²) in [7, 11) is -9.96. The van der Waals surface area contributed by atoms with Gasteiger partial charge in [-0.25, -0.2) is 9.13 Å². The molecule has 600 valence electrons. The molecular formula is C85H148O17P2. The van der Waals surface area contributed by atoms with E-state index in [0.717, 1.165) is 218 Å². The number of hydrogen-bond donors (Lipinski definition) is 3. The summed E-state index contributed by atoms with van der Waals surface area (Å²) in [6.07, 6.45) is 83.4. The molecule has 3 N–H and O–H groups in total. The standard InChI is InChI=1S/C85H148O17P2/c1-5-9-13-17-21-25-29-33-36-39-42-46-49-53-57-61-65-69-82(87)95-75-80(101-84(89)71-67-63-59-55-51-45-32-28-24-20-16-12-8-4)77-99-103(91,92)97-73-79(86)74-98-104(93,94)100-78-81(102-85(90)72-68-64-60-56-52-48-44-41-38-35-31-27-23-19-15-11-7-3)76-96-83(88)70-66-62-58-54-50-47-43-40-37-34-30-26-22-18-14-10-6-2/h9-11,13-15,21-23,25-27,33-38,79-81,86H,5-8,12,16-20,24,28-32,39-78H2,1-4H3,(H,91,92)(H,93,94)/b13-9-,14-10-,15-11-,25-21-,26-22-,27-23-,36-33-,37-34-,38-35-. The highest BCUT2D eigenvalue weighted by molar-refractivity contribution is 7.47. The SMILES string of the molecule is CC/C=C\C/C=C\C/C=C\CCCCCCCCCC(=O)OCC(COP(=O)(O)OCC(O)COP(=O)(O)OCC(COC(=O)CCCCCCCCC/C=C\C/C=C\C/C=C\CC)OC(=O)CCCCCCCCCCCCCCC)OC(=O)CCCCCCCCC/C=C\C/C=C\C/C=C\CC. The molecule has 0 bridgehead atoms. The van der Waals surface area contributed by atoms with Gasteiger partial charge < -0.3 is 33.8 Å². The molecule has 0 heterocycles. The van der Waals surface area contributed by atoms with E-state index >= 15 is 0 Å². The summed E-state index contributed by atoms with van der Waals surface area (Å²) in [5, 5.41) is 10.7. The Morgan fingerprint density at radius 2 is 0.500 bits per heavy atom. The first kappa shape index (κ1) is 99.7. The third-order valence-corrected chi connectivity index (χ3v) is 19.1. The van der Waals surface area contributed by atoms with E-state index in [1.807, 2.05) is 0 Å². The summed E-state index contributed by atoms with van der Waals surface area (Å²) in [6, 6.07) is 0. The number of phosphoric acid groups is 2. The lowest BCUT2D eigenvalue weighted by atomic mass is 10.0. The fourth-order valence-corrected chi connectivity index (χ4v) is 12.7. The van der Waals surface area contributed by atoms with Gasteiger partial charge in [0.15, 0.2) is 12.2 Å². The van der Waals surface area contributed by atoms with Crippen molar-refractivity contribution in [3.63, 3.8) is 0 Å². The molecule has 0 fully saturated rings. The van der Waals surface area contributed by atoms with Crippen LogP contribution in [0, 0.1) is 0 Å². The quantitative estimate of drug-likeness (QED) is 0.0169. The number of aliphatic hydroxyl groups excluding tert-OH is 1. The first-order valence-corrected chi connectivity index (χ1v) is 44.1. The fourth-order valence-electron chi connectivity index (χ4n) is 11.1. The minimum absolute atomic E-state index is 0.0811. The summed E-state index contributed by atoms with van der Waals surface area (Å²) in [5.41, 5.74) is 0. The number of carbonyl (C=O) groups is 4. The highest BCUT2D eigenvalue weighted by atomic mass is 31.2. The van der Waals surface area contributed by atoms with Crippen LogP contribution in [-0.4, -0.2) is 96.7 Å². The maximum atomic E-state index is 13.1. The van der Waals surface area contributed by atoms with Gasteiger partial charge in [0.1, 0.15) is 19.3 Å². The molecule has 0 aliphatic heterocycles. The molecule has 0 aromatic carbocycles. The molecule has 0 rings (SSSR count). The first-order valence-electron chi connectivity index (χ1n) is 41.1. The predicted octanol–water partition coefficient (Wildman–Crippen LogP) is 24.1. The van der Waals surface area contributed by atoms with Crippen molar-refractivity contribution in [2.45, 2.75) is 367 Å². The Morgan fingerprint density at radius 1 is 0.279 bits per heavy atom. The zero-order valence-corrected chi connectivity index (χ0v) is 67.5. The summed E-state index contributed by atoms with van der Waals surface area (Å²) >= 11 is 0. The average molecular weight is 1500 g/mol. The van der Waals surface area contributed by atoms with Crippen LogP contribution in [0.5, 0.6) is 0 Å². The summed E-state index contributed by atoms with van der Waals surface area (Å²) in [6.45, 7) is 4.57. The van der Waals surface area contributed by atoms with Crippen molar-refractivity contribution in [1.82, 2.24) is 0 Å². The van der Waals surface area contributed by atoms with Crippen molar-refractivity contribution in [2.24, 2.45) is 0 Å². The Morgan fingerprint density at radius 3 is 0.769 bits per heavy atom. The van der Waals surface area contributed by atoms with Gasteiger partial charge in [-0.2, -0.15) is 0 Å². The second-order valence-electron chi connectivity index (χ2n) is 27.3. The largest absolute Gasteiger partial charge is 0.472 e. The molecule has 19 heteroatoms. The van der Waals surface area contributed by atoms with Crippen molar-refractivity contribution in [3.05, 3.63) is 109 Å². The first-order chi connectivity index (χ1) is 50.7. The molecule has 0 saturated heterocycles. The van der Waals surface area contributed by atoms with Gasteiger partial charge in [0.05, 0.1) is 26.4 Å². The van der Waals surface area contributed by atoms with Crippen LogP contribution >= 0.6 is 15.6 Å². The monoisotopic (exact) mass is 1500 g/mol. The van der Waals surface area contributed by atoms with E-state index < -0.39 is 97.5 Å². The second kappa shape index (κ2) is 76.9. The van der Waals surface area contributed by atoms with Gasteiger partial charge in [-0.05, 0) is 122 Å². The van der Waals surface area contributed by atoms with Crippen molar-refractivity contribution < 1.29 is 80.2 Å². The molecule has 0 aromatic rings. The lowest BCUT2D eigenvalue weighted by Crippen LogP contribution is -2.30. The molecule has 0 radical (unpaired) electrons. The maximum absolute atomic E-state index is 13.1. The van der Waals surface area contributed by atoms with Crippen LogP contribution in [0.4, 0.5) is 0 Å². The third-order valence-electron chi connectivity index (χ3n) is 17.2. The smallest absolute Gasteiger partial charge is 0.462 e. The zero-order valence-electron chi connectivity index (χ0n) is 65.7. The predicted molar refractivity (Wildman–Crippen MR) is 427 cm³/mol. The lowest BCUT2D eigenvalue weighted by molar-refractivity contribution is -0.161. The number of esters is 4. The molecule has 0 saturated carbocycles. The summed E-state index contributed by atoms with van der Waals surface area (Å²) < 4.78 is 68.7. The number of aliphatic hydroxyl groups is 1. The highest BCUT2D eigenvalue weighted by Crippen LogP contribution is 2.45. The van der Waals surface area contributed by atoms with E-state index in [-0.39, 0.29) is 25.7 Å². The minimum atomic E-state index is -4.98. The molecular weight excluding hydrogens is 1350 g/mol. The fraction of sp³-hybridized carbons (Fsp3) is 0.741. The summed E-state index contributed by atoms with van der Waals surface area (Å²) in [4.78, 5) is 73.1. The second-order valence-corrected chi connectivity index (χ2v) is 30.2. The van der Waals surface area contributed by atoms with Gasteiger partial charge in [0.2, 0.25) is 0 Å². The van der Waals surface area contributed by atoms with E-state index in [0.29, 0.717) is 25.7 Å². The molecule has 17 nitrogen and oxygen atoms in total. The Labute approximate surface area is 632 Å². The Bertz CT molecular complexity index is 2390. The van der Waals surface area contributed by atoms with Crippen LogP contribution < -0.4 is 0 Å². The van der Waals surface area contributed by atoms with E-state index in [9.17, 15) is 43.2 Å². The summed E-state index contributed by atoms with van der Waals surface area (Å²) in [5.74, 6) is -2.19. The topological polar surface area (TPSA) is 237 Å². The van der Waals surface area contributed by atoms with Crippen molar-refractivity contribution in [3.8, 4) is 0 Å². The molecule has 5 atom stereocenters. The normalized spacial score (nSPS) is 14.4. The Kier molecular flexibility index (Phi) is 73.7. The van der Waals surface area contributed by atoms with Crippen LogP contribution in [0.25, 0.3) is 0 Å². The van der Waals surface area contributed by atoms with Gasteiger partial charge in [0, 0.05) is 25.7 Å². The van der Waals surface area contributed by atoms with Crippen LogP contribution in [0.1, 0.15) is 349 Å². The number of phosphoric ester groups is 2. The molecule has 0 aliphatic rings. The van der Waals surface area contributed by atoms with Gasteiger partial charge in [-0.1, -0.05) is 310 Å². The zero-order chi connectivity index (χ0) is 76.0. The number of carbonyl (C=O) groups excluding carboxylic acids is 4. The number of hydrogen-bond acceptors (Lipinski definition) is 15. The number of unbranched alkanes of at least 4 members (excludes halogenated alkanes) is 33. The van der Waals surface area contributed by atoms with Crippen LogP contribution in [0.2, 0.25) is 0 Å². The molecule has 104 heavy (non-hydrogen) atoms. The van der Waals surface area contributed by atoms with Crippen LogP contribution in [-0.2, 0) is 65.4 Å². The van der Waals surface area contributed by atoms with E-state index in [1.165, 1.54) is 51.4 Å². The third kappa shape index (κ3) is 75.9. The minimum Gasteiger partial charge on any atom is -0.462 e. The van der Waals surface area contributed by atoms with E-state index in [1.54, 1.807) is 0 Å². The van der Waals surface area contributed by atoms with Gasteiger partial charge in [-0.15, -0.1) is 0 Å². The van der Waals surface area contributed by atoms with Crippen molar-refractivity contribution >= 4 is 39.5 Å². The van der Waals surface area contributed by atoms with Crippen LogP contribution in [0.15, 0.2) is 109 Å². The van der Waals surface area contributed by atoms with E-state index in [2.05, 4.69) is 137 Å². The molecule has 5 unspecified atom stereocenters. The van der Waals surface area contributed by atoms with Gasteiger partial charge in [0.25, 0.3) is 0 Å². The molecule has 0 aliphatic carbocycles. The van der Waals surface area contributed by atoms with E-state index in [4.69, 9.17) is 37.0 Å². The molecule has 0 aromatic heterocycles. The average Bonchev–Trinajstić information content (AvgIpc) is 0.910. The number of allylic oxidation sites excluding steroid dienone is 18. The van der Waals surface area contributed by atoms with Crippen LogP contribution in [0.3, 0.4) is 0 Å². The highest BCUT2D eigenvalue weighted by Gasteiger charge is 2.30. The van der Waals surface area contributed by atoms with Gasteiger partial charge >= 0.3 is 39.5 Å². The molecule has 0 amide bonds. The number of ether oxygens (including phenoxy) is 4. The van der Waals surface area contributed by atoms with Crippen molar-refractivity contribution in [1.29, 1.82) is 0 Å². The lowest BCUT2D eigenvalue weighted by Gasteiger charge is -2.21. The Balaban J connectivity index is 5.35.